The standard InChI is InChI=1S/C24H28N2O4S2/c1-14-5-7-19-17(9-14)26-22(31-19)15-10-24(11-15)12-16(13-24)25-21(27)18-6-8-20(30-18)23(2,3)32(4,28)29/h5-9,15-16H,10-13H2,1-4H3,(H,25,27). The second-order valence-corrected chi connectivity index (χ2v) is 13.8. The topological polar surface area (TPSA) is 89.3 Å². The van der Waals surface area contributed by atoms with Gasteiger partial charge in [0.2, 0.25) is 0 Å². The van der Waals surface area contributed by atoms with Crippen LogP contribution in [0.3, 0.4) is 0 Å². The Balaban J connectivity index is 1.16. The van der Waals surface area contributed by atoms with Gasteiger partial charge in [-0.15, -0.1) is 11.3 Å². The van der Waals surface area contributed by atoms with Crippen molar-refractivity contribution in [2.24, 2.45) is 5.41 Å². The Kier molecular flexibility index (Phi) is 4.84. The van der Waals surface area contributed by atoms with Gasteiger partial charge in [-0.2, -0.15) is 0 Å². The molecule has 3 aromatic rings. The Bertz CT molecular complexity index is 1300. The van der Waals surface area contributed by atoms with Crippen LogP contribution < -0.4 is 5.32 Å². The molecule has 2 saturated carbocycles. The van der Waals surface area contributed by atoms with Gasteiger partial charge >= 0.3 is 0 Å². The lowest BCUT2D eigenvalue weighted by Gasteiger charge is -2.57. The minimum absolute atomic E-state index is 0.137. The number of nitrogens with one attached hydrogen (secondary N) is 1. The van der Waals surface area contributed by atoms with Crippen LogP contribution in [0.2, 0.25) is 0 Å². The first-order valence-corrected chi connectivity index (χ1v) is 13.6. The third-order valence-corrected chi connectivity index (χ3v) is 10.6. The fourth-order valence-electron chi connectivity index (χ4n) is 5.03. The summed E-state index contributed by atoms with van der Waals surface area (Å²) in [5, 5.41) is 4.28. The third-order valence-electron chi connectivity index (χ3n) is 7.31. The predicted molar refractivity (Wildman–Crippen MR) is 126 cm³/mol. The number of nitrogens with zero attached hydrogens (tertiary/aromatic N) is 1. The summed E-state index contributed by atoms with van der Waals surface area (Å²) in [4.78, 5) is 17.5. The van der Waals surface area contributed by atoms with E-state index in [1.807, 2.05) is 0 Å². The molecule has 0 radical (unpaired) electrons. The Morgan fingerprint density at radius 2 is 1.91 bits per heavy atom. The van der Waals surface area contributed by atoms with Crippen molar-refractivity contribution in [3.05, 3.63) is 52.4 Å². The summed E-state index contributed by atoms with van der Waals surface area (Å²) in [6.45, 7) is 5.26. The van der Waals surface area contributed by atoms with Gasteiger partial charge in [0.15, 0.2) is 15.6 Å². The number of carbonyl (C=O) groups is 1. The highest BCUT2D eigenvalue weighted by Gasteiger charge is 2.54. The van der Waals surface area contributed by atoms with Crippen molar-refractivity contribution in [3.8, 4) is 0 Å². The first-order chi connectivity index (χ1) is 15.0. The fourth-order valence-corrected chi connectivity index (χ4v) is 6.56. The summed E-state index contributed by atoms with van der Waals surface area (Å²) in [6, 6.07) is 9.71. The SMILES string of the molecule is Cc1ccc2sc(C3CC4(CC(NC(=O)c5ccc(C(C)(C)S(C)(=O)=O)o5)C4)C3)nc2c1. The van der Waals surface area contributed by atoms with E-state index in [4.69, 9.17) is 9.40 Å². The normalized spacial score (nSPS) is 25.5. The lowest BCUT2D eigenvalue weighted by molar-refractivity contribution is -0.0190. The highest BCUT2D eigenvalue weighted by atomic mass is 32.2. The molecule has 0 saturated heterocycles. The van der Waals surface area contributed by atoms with Crippen LogP contribution in [0, 0.1) is 12.3 Å². The summed E-state index contributed by atoms with van der Waals surface area (Å²) >= 11 is 1.80. The Hall–Kier alpha value is -2.19. The number of hydrogen-bond acceptors (Lipinski definition) is 6. The van der Waals surface area contributed by atoms with Crippen LogP contribution >= 0.6 is 11.3 Å². The minimum Gasteiger partial charge on any atom is -0.454 e. The number of aryl methyl sites for hydroxylation is 1. The number of thiazole rings is 1. The summed E-state index contributed by atoms with van der Waals surface area (Å²) in [6.07, 6.45) is 5.38. The third kappa shape index (κ3) is 3.57. The largest absolute Gasteiger partial charge is 0.454 e. The van der Waals surface area contributed by atoms with Gasteiger partial charge in [-0.25, -0.2) is 13.4 Å². The number of hydrogen-bond donors (Lipinski definition) is 1. The molecule has 2 aromatic heterocycles. The number of sulfone groups is 1. The molecule has 8 heteroatoms. The predicted octanol–water partition coefficient (Wildman–Crippen LogP) is 4.93. The van der Waals surface area contributed by atoms with Gasteiger partial charge in [-0.3, -0.25) is 4.79 Å². The van der Waals surface area contributed by atoms with Crippen molar-refractivity contribution in [2.45, 2.75) is 63.2 Å². The molecule has 0 atom stereocenters. The summed E-state index contributed by atoms with van der Waals surface area (Å²) < 4.78 is 29.7. The van der Waals surface area contributed by atoms with E-state index < -0.39 is 14.6 Å². The molecule has 0 bridgehead atoms. The van der Waals surface area contributed by atoms with E-state index in [1.54, 1.807) is 37.3 Å². The van der Waals surface area contributed by atoms with Crippen LogP contribution in [-0.2, 0) is 14.6 Å². The van der Waals surface area contributed by atoms with Crippen LogP contribution in [0.5, 0.6) is 0 Å². The highest BCUT2D eigenvalue weighted by Crippen LogP contribution is 2.62. The molecule has 6 nitrogen and oxygen atoms in total. The average Bonchev–Trinajstić information content (AvgIpc) is 3.28. The van der Waals surface area contributed by atoms with Crippen LogP contribution in [0.25, 0.3) is 10.2 Å². The minimum atomic E-state index is -3.36. The molecule has 2 heterocycles. The second-order valence-electron chi connectivity index (χ2n) is 10.2. The number of rotatable bonds is 5. The van der Waals surface area contributed by atoms with E-state index in [2.05, 4.69) is 30.4 Å². The number of carbonyl (C=O) groups excluding carboxylic acids is 1. The lowest BCUT2D eigenvalue weighted by Crippen LogP contribution is -2.55. The van der Waals surface area contributed by atoms with Gasteiger partial charge in [0.05, 0.1) is 15.2 Å². The molecule has 1 N–H and O–H groups in total. The first-order valence-electron chi connectivity index (χ1n) is 10.9. The van der Waals surface area contributed by atoms with Crippen LogP contribution in [-0.4, -0.2) is 31.6 Å². The van der Waals surface area contributed by atoms with Gasteiger partial charge < -0.3 is 9.73 Å². The highest BCUT2D eigenvalue weighted by molar-refractivity contribution is 7.91. The molecule has 2 aliphatic carbocycles. The number of amides is 1. The van der Waals surface area contributed by atoms with Gasteiger partial charge in [-0.05, 0) is 81.7 Å². The molecule has 1 aromatic carbocycles. The van der Waals surface area contributed by atoms with Crippen LogP contribution in [0.4, 0.5) is 0 Å². The van der Waals surface area contributed by atoms with E-state index in [1.165, 1.54) is 21.5 Å². The first kappa shape index (κ1) is 21.6. The maximum atomic E-state index is 12.6. The molecule has 0 aliphatic heterocycles. The molecule has 2 aliphatic rings. The van der Waals surface area contributed by atoms with Gasteiger partial charge in [-0.1, -0.05) is 6.07 Å². The Morgan fingerprint density at radius 3 is 2.59 bits per heavy atom. The van der Waals surface area contributed by atoms with E-state index in [-0.39, 0.29) is 23.5 Å². The van der Waals surface area contributed by atoms with E-state index in [0.29, 0.717) is 11.3 Å². The lowest BCUT2D eigenvalue weighted by atomic mass is 9.50. The Labute approximate surface area is 192 Å². The smallest absolute Gasteiger partial charge is 0.287 e. The van der Waals surface area contributed by atoms with E-state index in [0.717, 1.165) is 31.2 Å². The number of fused-ring (bicyclic) bond motifs is 1. The van der Waals surface area contributed by atoms with Gasteiger partial charge in [0.25, 0.3) is 5.91 Å². The number of aromatic nitrogens is 1. The van der Waals surface area contributed by atoms with E-state index in [9.17, 15) is 13.2 Å². The van der Waals surface area contributed by atoms with E-state index >= 15 is 0 Å². The molecule has 1 amide bonds. The summed E-state index contributed by atoms with van der Waals surface area (Å²) in [5.74, 6) is 0.685. The maximum absolute atomic E-state index is 12.6. The van der Waals surface area contributed by atoms with Crippen molar-refractivity contribution in [2.75, 3.05) is 6.26 Å². The molecule has 5 rings (SSSR count). The summed E-state index contributed by atoms with van der Waals surface area (Å²) in [7, 11) is -3.36. The van der Waals surface area contributed by atoms with Crippen molar-refractivity contribution in [1.82, 2.24) is 10.3 Å². The van der Waals surface area contributed by atoms with Crippen molar-refractivity contribution in [1.29, 1.82) is 0 Å². The summed E-state index contributed by atoms with van der Waals surface area (Å²) in [5.41, 5.74) is 2.66. The zero-order valence-electron chi connectivity index (χ0n) is 18.8. The quantitative estimate of drug-likeness (QED) is 0.568. The average molecular weight is 473 g/mol. The fraction of sp³-hybridized carbons (Fsp3) is 0.500. The van der Waals surface area contributed by atoms with Crippen molar-refractivity contribution in [3.63, 3.8) is 0 Å². The molecule has 2 fully saturated rings. The second kappa shape index (κ2) is 7.15. The molecule has 170 valence electrons. The van der Waals surface area contributed by atoms with Gasteiger partial charge in [0, 0.05) is 18.2 Å². The number of furan rings is 1. The molecule has 32 heavy (non-hydrogen) atoms. The van der Waals surface area contributed by atoms with Crippen LogP contribution in [0.15, 0.2) is 34.7 Å². The number of benzene rings is 1. The van der Waals surface area contributed by atoms with Crippen molar-refractivity contribution >= 4 is 37.3 Å². The zero-order valence-corrected chi connectivity index (χ0v) is 20.4. The zero-order chi connectivity index (χ0) is 22.9. The molecular formula is C24H28N2O4S2. The molecular weight excluding hydrogens is 444 g/mol. The molecule has 0 unspecified atom stereocenters. The van der Waals surface area contributed by atoms with Gasteiger partial charge in [0.1, 0.15) is 10.5 Å². The maximum Gasteiger partial charge on any atom is 0.287 e. The van der Waals surface area contributed by atoms with Crippen LogP contribution in [0.1, 0.15) is 72.3 Å². The monoisotopic (exact) mass is 472 g/mol. The Morgan fingerprint density at radius 1 is 1.19 bits per heavy atom. The molecule has 1 spiro atoms. The van der Waals surface area contributed by atoms with Crippen molar-refractivity contribution < 1.29 is 17.6 Å².